The molecule has 0 saturated carbocycles. The summed E-state index contributed by atoms with van der Waals surface area (Å²) < 4.78 is 11.0. The molecule has 1 amide bonds. The molecular formula is C16H20N4O3. The van der Waals surface area contributed by atoms with Gasteiger partial charge >= 0.3 is 12.1 Å². The molecule has 3 rings (SSSR count). The van der Waals surface area contributed by atoms with Crippen LogP contribution in [0, 0.1) is 0 Å². The van der Waals surface area contributed by atoms with Crippen LogP contribution in [0.15, 0.2) is 34.7 Å². The SMILES string of the molecule is CC(C)c1nnc(N2CCN(C(=O)Oc3ccccc3)CC2)o1. The van der Waals surface area contributed by atoms with Gasteiger partial charge in [-0.2, -0.15) is 0 Å². The van der Waals surface area contributed by atoms with Crippen molar-refractivity contribution in [1.82, 2.24) is 15.1 Å². The molecule has 2 aromatic rings. The van der Waals surface area contributed by atoms with Crippen molar-refractivity contribution in [3.63, 3.8) is 0 Å². The van der Waals surface area contributed by atoms with E-state index in [0.29, 0.717) is 43.8 Å². The van der Waals surface area contributed by atoms with E-state index in [9.17, 15) is 4.79 Å². The summed E-state index contributed by atoms with van der Waals surface area (Å²) in [5.41, 5.74) is 0. The van der Waals surface area contributed by atoms with Gasteiger partial charge in [0.25, 0.3) is 0 Å². The largest absolute Gasteiger partial charge is 0.415 e. The van der Waals surface area contributed by atoms with E-state index in [4.69, 9.17) is 9.15 Å². The van der Waals surface area contributed by atoms with Crippen LogP contribution < -0.4 is 9.64 Å². The molecule has 1 aromatic carbocycles. The Bertz CT molecular complexity index is 648. The third-order valence-electron chi connectivity index (χ3n) is 3.68. The highest BCUT2D eigenvalue weighted by Gasteiger charge is 2.25. The molecule has 0 aliphatic carbocycles. The topological polar surface area (TPSA) is 71.7 Å². The molecule has 1 aliphatic rings. The van der Waals surface area contributed by atoms with Crippen LogP contribution in [0.2, 0.25) is 0 Å². The molecular weight excluding hydrogens is 296 g/mol. The number of hydrogen-bond donors (Lipinski definition) is 0. The van der Waals surface area contributed by atoms with E-state index in [1.165, 1.54) is 0 Å². The quantitative estimate of drug-likeness (QED) is 0.866. The summed E-state index contributed by atoms with van der Waals surface area (Å²) >= 11 is 0. The first-order valence-corrected chi connectivity index (χ1v) is 7.73. The van der Waals surface area contributed by atoms with Crippen LogP contribution in [-0.2, 0) is 0 Å². The van der Waals surface area contributed by atoms with Crippen LogP contribution in [0.5, 0.6) is 5.75 Å². The molecule has 1 fully saturated rings. The van der Waals surface area contributed by atoms with E-state index < -0.39 is 0 Å². The first-order valence-electron chi connectivity index (χ1n) is 7.73. The summed E-state index contributed by atoms with van der Waals surface area (Å²) in [7, 11) is 0. The fraction of sp³-hybridized carbons (Fsp3) is 0.438. The van der Waals surface area contributed by atoms with Crippen LogP contribution in [0.1, 0.15) is 25.7 Å². The van der Waals surface area contributed by atoms with E-state index in [1.807, 2.05) is 36.9 Å². The van der Waals surface area contributed by atoms with Crippen molar-refractivity contribution >= 4 is 12.1 Å². The number of benzene rings is 1. The number of carbonyl (C=O) groups excluding carboxylic acids is 1. The Morgan fingerprint density at radius 3 is 2.43 bits per heavy atom. The van der Waals surface area contributed by atoms with Crippen LogP contribution >= 0.6 is 0 Å². The van der Waals surface area contributed by atoms with Crippen molar-refractivity contribution < 1.29 is 13.9 Å². The van der Waals surface area contributed by atoms with Gasteiger partial charge in [-0.05, 0) is 12.1 Å². The maximum Gasteiger partial charge on any atom is 0.415 e. The second-order valence-electron chi connectivity index (χ2n) is 5.73. The monoisotopic (exact) mass is 316 g/mol. The Morgan fingerprint density at radius 1 is 1.13 bits per heavy atom. The molecule has 1 aromatic heterocycles. The summed E-state index contributed by atoms with van der Waals surface area (Å²) in [6.45, 7) is 6.42. The Kier molecular flexibility index (Phi) is 4.45. The van der Waals surface area contributed by atoms with Gasteiger partial charge in [-0.25, -0.2) is 4.79 Å². The Hall–Kier alpha value is -2.57. The fourth-order valence-electron chi connectivity index (χ4n) is 2.32. The van der Waals surface area contributed by atoms with Gasteiger partial charge in [-0.3, -0.25) is 0 Å². The number of para-hydroxylation sites is 1. The molecule has 2 heterocycles. The number of aromatic nitrogens is 2. The first-order chi connectivity index (χ1) is 11.1. The maximum absolute atomic E-state index is 12.1. The molecule has 1 aliphatic heterocycles. The van der Waals surface area contributed by atoms with Crippen LogP contribution in [0.3, 0.4) is 0 Å². The second kappa shape index (κ2) is 6.68. The highest BCUT2D eigenvalue weighted by atomic mass is 16.6. The number of hydrogen-bond acceptors (Lipinski definition) is 6. The minimum Gasteiger partial charge on any atom is -0.410 e. The first kappa shape index (κ1) is 15.3. The summed E-state index contributed by atoms with van der Waals surface area (Å²) in [6, 6.07) is 9.60. The van der Waals surface area contributed by atoms with E-state index >= 15 is 0 Å². The summed E-state index contributed by atoms with van der Waals surface area (Å²) in [5.74, 6) is 1.39. The predicted octanol–water partition coefficient (Wildman–Crippen LogP) is 2.51. The van der Waals surface area contributed by atoms with E-state index in [1.54, 1.807) is 17.0 Å². The second-order valence-corrected chi connectivity index (χ2v) is 5.73. The number of anilines is 1. The molecule has 122 valence electrons. The van der Waals surface area contributed by atoms with E-state index in [0.717, 1.165) is 0 Å². The zero-order valence-electron chi connectivity index (χ0n) is 13.3. The molecule has 0 spiro atoms. The number of nitrogens with zero attached hydrogens (tertiary/aromatic N) is 4. The molecule has 23 heavy (non-hydrogen) atoms. The minimum atomic E-state index is -0.329. The molecule has 0 N–H and O–H groups in total. The van der Waals surface area contributed by atoms with E-state index in [2.05, 4.69) is 10.2 Å². The Labute approximate surface area is 134 Å². The molecule has 0 unspecified atom stereocenters. The van der Waals surface area contributed by atoms with Gasteiger partial charge in [0, 0.05) is 32.1 Å². The van der Waals surface area contributed by atoms with Gasteiger partial charge in [-0.15, -0.1) is 5.10 Å². The van der Waals surface area contributed by atoms with Crippen molar-refractivity contribution in [2.75, 3.05) is 31.1 Å². The van der Waals surface area contributed by atoms with Gasteiger partial charge in [-0.1, -0.05) is 37.1 Å². The molecule has 7 nitrogen and oxygen atoms in total. The van der Waals surface area contributed by atoms with Gasteiger partial charge in [0.2, 0.25) is 5.89 Å². The standard InChI is InChI=1S/C16H20N4O3/c1-12(2)14-17-18-15(23-14)19-8-10-20(11-9-19)16(21)22-13-6-4-3-5-7-13/h3-7,12H,8-11H2,1-2H3. The van der Waals surface area contributed by atoms with Gasteiger partial charge in [0.05, 0.1) is 0 Å². The van der Waals surface area contributed by atoms with Crippen molar-refractivity contribution in [2.24, 2.45) is 0 Å². The van der Waals surface area contributed by atoms with Crippen molar-refractivity contribution in [1.29, 1.82) is 0 Å². The number of carbonyl (C=O) groups is 1. The lowest BCUT2D eigenvalue weighted by Gasteiger charge is -2.32. The lowest BCUT2D eigenvalue weighted by atomic mass is 10.2. The predicted molar refractivity (Wildman–Crippen MR) is 84.6 cm³/mol. The summed E-state index contributed by atoms with van der Waals surface area (Å²) in [5, 5.41) is 8.11. The third kappa shape index (κ3) is 3.61. The van der Waals surface area contributed by atoms with Crippen LogP contribution in [0.25, 0.3) is 0 Å². The molecule has 1 saturated heterocycles. The highest BCUT2D eigenvalue weighted by Crippen LogP contribution is 2.20. The molecule has 0 radical (unpaired) electrons. The number of ether oxygens (including phenoxy) is 1. The average molecular weight is 316 g/mol. The smallest absolute Gasteiger partial charge is 0.410 e. The maximum atomic E-state index is 12.1. The average Bonchev–Trinajstić information content (AvgIpc) is 3.06. The van der Waals surface area contributed by atoms with Gasteiger partial charge in [0.15, 0.2) is 0 Å². The lowest BCUT2D eigenvalue weighted by Crippen LogP contribution is -2.49. The van der Waals surface area contributed by atoms with Gasteiger partial charge in [0.1, 0.15) is 5.75 Å². The summed E-state index contributed by atoms with van der Waals surface area (Å²) in [4.78, 5) is 15.8. The molecule has 7 heteroatoms. The lowest BCUT2D eigenvalue weighted by molar-refractivity contribution is 0.148. The van der Waals surface area contributed by atoms with Crippen LogP contribution in [-0.4, -0.2) is 47.4 Å². The Morgan fingerprint density at radius 2 is 1.83 bits per heavy atom. The Balaban J connectivity index is 1.54. The van der Waals surface area contributed by atoms with Gasteiger partial charge < -0.3 is 19.0 Å². The van der Waals surface area contributed by atoms with Crippen molar-refractivity contribution in [3.8, 4) is 5.75 Å². The number of piperazine rings is 1. The van der Waals surface area contributed by atoms with Crippen molar-refractivity contribution in [3.05, 3.63) is 36.2 Å². The molecule has 0 bridgehead atoms. The highest BCUT2D eigenvalue weighted by molar-refractivity contribution is 5.71. The van der Waals surface area contributed by atoms with Crippen LogP contribution in [0.4, 0.5) is 10.8 Å². The summed E-state index contributed by atoms with van der Waals surface area (Å²) in [6.07, 6.45) is -0.329. The normalized spacial score (nSPS) is 15.1. The fourth-order valence-corrected chi connectivity index (χ4v) is 2.32. The van der Waals surface area contributed by atoms with E-state index in [-0.39, 0.29) is 12.0 Å². The number of rotatable bonds is 3. The zero-order chi connectivity index (χ0) is 16.2. The minimum absolute atomic E-state index is 0.207. The number of amides is 1. The zero-order valence-corrected chi connectivity index (χ0v) is 13.3. The third-order valence-corrected chi connectivity index (χ3v) is 3.68. The van der Waals surface area contributed by atoms with Crippen molar-refractivity contribution in [2.45, 2.75) is 19.8 Å². The molecule has 0 atom stereocenters.